The van der Waals surface area contributed by atoms with Gasteiger partial charge in [0.2, 0.25) is 5.91 Å². The Morgan fingerprint density at radius 1 is 1.24 bits per heavy atom. The zero-order chi connectivity index (χ0) is 15.7. The molecule has 0 aliphatic heterocycles. The quantitative estimate of drug-likeness (QED) is 0.684. The van der Waals surface area contributed by atoms with E-state index in [0.717, 1.165) is 0 Å². The number of rotatable bonds is 9. The maximum atomic E-state index is 11.9. The Hall–Kier alpha value is -1.60. The van der Waals surface area contributed by atoms with Gasteiger partial charge in [0.1, 0.15) is 5.75 Å². The van der Waals surface area contributed by atoms with E-state index in [2.05, 4.69) is 5.32 Å². The predicted molar refractivity (Wildman–Crippen MR) is 81.7 cm³/mol. The lowest BCUT2D eigenvalue weighted by Crippen LogP contribution is -2.39. The molecule has 0 atom stereocenters. The van der Waals surface area contributed by atoms with Crippen molar-refractivity contribution < 1.29 is 17.4 Å². The highest BCUT2D eigenvalue weighted by atomic mass is 32.2. The lowest BCUT2D eigenvalue weighted by Gasteiger charge is -2.19. The number of benzene rings is 1. The molecule has 1 N–H and O–H groups in total. The number of likely N-dealkylation sites (N-methyl/N-ethyl adjacent to an activating group) is 2. The molecule has 1 rings (SSSR count). The van der Waals surface area contributed by atoms with Crippen LogP contribution in [0.2, 0.25) is 0 Å². The Labute approximate surface area is 126 Å². The van der Waals surface area contributed by atoms with Crippen LogP contribution in [-0.2, 0) is 14.9 Å². The summed E-state index contributed by atoms with van der Waals surface area (Å²) in [5.74, 6) is 0.0276. The molecule has 0 saturated carbocycles. The Kier molecular flexibility index (Phi) is 7.18. The molecule has 0 saturated heterocycles. The van der Waals surface area contributed by atoms with Gasteiger partial charge in [-0.2, -0.15) is 8.42 Å². The number of para-hydroxylation sites is 1. The van der Waals surface area contributed by atoms with Crippen LogP contribution in [-0.4, -0.2) is 51.2 Å². The summed E-state index contributed by atoms with van der Waals surface area (Å²) in [7, 11) is -3.66. The average Bonchev–Trinajstić information content (AvgIpc) is 2.44. The lowest BCUT2D eigenvalue weighted by molar-refractivity contribution is -0.122. The van der Waals surface area contributed by atoms with Crippen molar-refractivity contribution in [1.29, 1.82) is 0 Å². The summed E-state index contributed by atoms with van der Waals surface area (Å²) in [6, 6.07) is 8.37. The van der Waals surface area contributed by atoms with E-state index in [4.69, 9.17) is 4.18 Å². The van der Waals surface area contributed by atoms with Crippen LogP contribution in [0.5, 0.6) is 5.75 Å². The van der Waals surface area contributed by atoms with Crippen molar-refractivity contribution in [3.63, 3.8) is 0 Å². The SMILES string of the molecule is CCNC(=O)CN(CC)CCS(=O)(=O)Oc1ccccc1. The van der Waals surface area contributed by atoms with Gasteiger partial charge in [-0.15, -0.1) is 0 Å². The lowest BCUT2D eigenvalue weighted by atomic mass is 10.3. The summed E-state index contributed by atoms with van der Waals surface area (Å²) < 4.78 is 28.8. The maximum absolute atomic E-state index is 11.9. The van der Waals surface area contributed by atoms with Crippen LogP contribution in [0.4, 0.5) is 0 Å². The third-order valence-electron chi connectivity index (χ3n) is 2.81. The summed E-state index contributed by atoms with van der Waals surface area (Å²) in [6.07, 6.45) is 0. The van der Waals surface area contributed by atoms with Gasteiger partial charge in [-0.05, 0) is 25.6 Å². The second-order valence-electron chi connectivity index (χ2n) is 4.48. The van der Waals surface area contributed by atoms with Crippen molar-refractivity contribution in [2.45, 2.75) is 13.8 Å². The van der Waals surface area contributed by atoms with Gasteiger partial charge >= 0.3 is 10.1 Å². The molecule has 0 fully saturated rings. The minimum Gasteiger partial charge on any atom is -0.382 e. The molecular formula is C14H22N2O4S. The smallest absolute Gasteiger partial charge is 0.310 e. The second kappa shape index (κ2) is 8.63. The highest BCUT2D eigenvalue weighted by molar-refractivity contribution is 7.87. The van der Waals surface area contributed by atoms with E-state index < -0.39 is 10.1 Å². The topological polar surface area (TPSA) is 75.7 Å². The number of hydrogen-bond donors (Lipinski definition) is 1. The van der Waals surface area contributed by atoms with Crippen LogP contribution in [0.15, 0.2) is 30.3 Å². The summed E-state index contributed by atoms with van der Waals surface area (Å²) in [4.78, 5) is 13.3. The maximum Gasteiger partial charge on any atom is 0.310 e. The van der Waals surface area contributed by atoms with E-state index in [9.17, 15) is 13.2 Å². The molecule has 0 spiro atoms. The first-order valence-corrected chi connectivity index (χ1v) is 8.50. The van der Waals surface area contributed by atoms with Gasteiger partial charge in [0.25, 0.3) is 0 Å². The van der Waals surface area contributed by atoms with Crippen molar-refractivity contribution in [3.05, 3.63) is 30.3 Å². The molecule has 0 unspecified atom stereocenters. The minimum absolute atomic E-state index is 0.110. The third kappa shape index (κ3) is 7.10. The van der Waals surface area contributed by atoms with Gasteiger partial charge in [0.15, 0.2) is 0 Å². The fourth-order valence-electron chi connectivity index (χ4n) is 1.71. The Bertz CT molecular complexity index is 531. The van der Waals surface area contributed by atoms with Crippen LogP contribution in [0.1, 0.15) is 13.8 Å². The number of amides is 1. The van der Waals surface area contributed by atoms with E-state index in [1.54, 1.807) is 35.2 Å². The summed E-state index contributed by atoms with van der Waals surface area (Å²) in [6.45, 7) is 5.31. The van der Waals surface area contributed by atoms with Crippen LogP contribution < -0.4 is 9.50 Å². The highest BCUT2D eigenvalue weighted by Crippen LogP contribution is 2.11. The van der Waals surface area contributed by atoms with Crippen molar-refractivity contribution in [2.75, 3.05) is 31.9 Å². The molecule has 0 bridgehead atoms. The van der Waals surface area contributed by atoms with Crippen LogP contribution in [0.3, 0.4) is 0 Å². The molecule has 0 aromatic heterocycles. The van der Waals surface area contributed by atoms with E-state index >= 15 is 0 Å². The summed E-state index contributed by atoms with van der Waals surface area (Å²) >= 11 is 0. The first-order chi connectivity index (χ1) is 9.96. The standard InChI is InChI=1S/C14H22N2O4S/c1-3-15-14(17)12-16(4-2)10-11-21(18,19)20-13-8-6-5-7-9-13/h5-9H,3-4,10-12H2,1-2H3,(H,15,17). The Balaban J connectivity index is 2.49. The number of nitrogens with one attached hydrogen (secondary N) is 1. The first kappa shape index (κ1) is 17.5. The van der Waals surface area contributed by atoms with Gasteiger partial charge < -0.3 is 9.50 Å². The van der Waals surface area contributed by atoms with Crippen molar-refractivity contribution in [1.82, 2.24) is 10.2 Å². The summed E-state index contributed by atoms with van der Waals surface area (Å²) in [5.41, 5.74) is 0. The Morgan fingerprint density at radius 3 is 2.48 bits per heavy atom. The molecule has 118 valence electrons. The van der Waals surface area contributed by atoms with Crippen LogP contribution >= 0.6 is 0 Å². The molecule has 1 amide bonds. The van der Waals surface area contributed by atoms with E-state index in [0.29, 0.717) is 18.8 Å². The van der Waals surface area contributed by atoms with Gasteiger partial charge in [0, 0.05) is 13.1 Å². The molecule has 0 heterocycles. The Morgan fingerprint density at radius 2 is 1.90 bits per heavy atom. The van der Waals surface area contributed by atoms with Gasteiger partial charge in [-0.1, -0.05) is 25.1 Å². The van der Waals surface area contributed by atoms with Crippen molar-refractivity contribution >= 4 is 16.0 Å². The molecule has 1 aromatic carbocycles. The molecule has 6 nitrogen and oxygen atoms in total. The van der Waals surface area contributed by atoms with Gasteiger partial charge in [0.05, 0.1) is 12.3 Å². The summed E-state index contributed by atoms with van der Waals surface area (Å²) in [5, 5.41) is 2.69. The fraction of sp³-hybridized carbons (Fsp3) is 0.500. The monoisotopic (exact) mass is 314 g/mol. The molecule has 1 aromatic rings. The first-order valence-electron chi connectivity index (χ1n) is 6.93. The van der Waals surface area contributed by atoms with E-state index in [-0.39, 0.29) is 24.7 Å². The third-order valence-corrected chi connectivity index (χ3v) is 3.94. The highest BCUT2D eigenvalue weighted by Gasteiger charge is 2.16. The van der Waals surface area contributed by atoms with Crippen LogP contribution in [0, 0.1) is 0 Å². The van der Waals surface area contributed by atoms with E-state index in [1.165, 1.54) is 0 Å². The molecular weight excluding hydrogens is 292 g/mol. The molecule has 7 heteroatoms. The second-order valence-corrected chi connectivity index (χ2v) is 6.17. The largest absolute Gasteiger partial charge is 0.382 e. The number of hydrogen-bond acceptors (Lipinski definition) is 5. The zero-order valence-corrected chi connectivity index (χ0v) is 13.2. The predicted octanol–water partition coefficient (Wildman–Crippen LogP) is 0.853. The van der Waals surface area contributed by atoms with Crippen molar-refractivity contribution in [2.24, 2.45) is 0 Å². The molecule has 21 heavy (non-hydrogen) atoms. The fourth-order valence-corrected chi connectivity index (χ4v) is 2.68. The normalized spacial score (nSPS) is 11.4. The molecule has 0 aliphatic carbocycles. The van der Waals surface area contributed by atoms with Gasteiger partial charge in [-0.25, -0.2) is 0 Å². The minimum atomic E-state index is -3.66. The van der Waals surface area contributed by atoms with E-state index in [1.807, 2.05) is 13.8 Å². The number of carbonyl (C=O) groups is 1. The van der Waals surface area contributed by atoms with Gasteiger partial charge in [-0.3, -0.25) is 9.69 Å². The zero-order valence-electron chi connectivity index (χ0n) is 12.4. The molecule has 0 aliphatic rings. The molecule has 0 radical (unpaired) electrons. The van der Waals surface area contributed by atoms with Crippen LogP contribution in [0.25, 0.3) is 0 Å². The number of nitrogens with zero attached hydrogens (tertiary/aromatic N) is 1. The van der Waals surface area contributed by atoms with Crippen molar-refractivity contribution in [3.8, 4) is 5.75 Å². The average molecular weight is 314 g/mol. The number of carbonyl (C=O) groups excluding carboxylic acids is 1.